The van der Waals surface area contributed by atoms with E-state index in [1.165, 1.54) is 25.0 Å². The molecule has 0 radical (unpaired) electrons. The maximum atomic E-state index is 13.5. The van der Waals surface area contributed by atoms with Crippen LogP contribution in [0, 0.1) is 0 Å². The van der Waals surface area contributed by atoms with Crippen LogP contribution in [0.1, 0.15) is 50.1 Å². The van der Waals surface area contributed by atoms with E-state index in [1.807, 2.05) is 13.8 Å². The number of allylic oxidation sites excluding steroid dienone is 3. The van der Waals surface area contributed by atoms with Gasteiger partial charge in [-0.3, -0.25) is 0 Å². The second-order valence-corrected chi connectivity index (χ2v) is 9.44. The van der Waals surface area contributed by atoms with Crippen LogP contribution in [-0.2, 0) is 19.0 Å². The standard InChI is InChI=1S/C28H29F6N5.C2H6/c29-27(30,31)20-8-10-22(11-9-20)36-26-23-12-7-19(17-21(5-3-13-35)28(32,33)34)18-24(23)37-25(38-26)6-4-16-39-14-1-2-15-39;1-2/h3,5,7-13,18H,1-2,4,6,14-17,35H2,(H,36,37,38);1-2H3/b13-3-,21-5+;. The summed E-state index contributed by atoms with van der Waals surface area (Å²) in [5, 5.41) is 3.61. The van der Waals surface area contributed by atoms with Crippen molar-refractivity contribution in [2.24, 2.45) is 5.73 Å². The van der Waals surface area contributed by atoms with Crippen molar-refractivity contribution in [1.82, 2.24) is 14.9 Å². The minimum atomic E-state index is -4.53. The lowest BCUT2D eigenvalue weighted by Gasteiger charge is -2.16. The molecular formula is C30H35F6N5. The van der Waals surface area contributed by atoms with Crippen molar-refractivity contribution in [3.63, 3.8) is 0 Å². The van der Waals surface area contributed by atoms with E-state index in [9.17, 15) is 26.3 Å². The van der Waals surface area contributed by atoms with Gasteiger partial charge in [0.25, 0.3) is 0 Å². The van der Waals surface area contributed by atoms with Gasteiger partial charge in [0.15, 0.2) is 0 Å². The van der Waals surface area contributed by atoms with Gasteiger partial charge in [0.1, 0.15) is 11.6 Å². The fourth-order valence-electron chi connectivity index (χ4n) is 4.53. The number of likely N-dealkylation sites (tertiary alicyclic amines) is 1. The first-order valence-electron chi connectivity index (χ1n) is 13.6. The highest BCUT2D eigenvalue weighted by atomic mass is 19.4. The molecule has 11 heteroatoms. The Balaban J connectivity index is 0.00000226. The molecule has 0 amide bonds. The van der Waals surface area contributed by atoms with Crippen molar-refractivity contribution in [3.05, 3.63) is 83.3 Å². The summed E-state index contributed by atoms with van der Waals surface area (Å²) in [6.45, 7) is 6.99. The zero-order valence-electron chi connectivity index (χ0n) is 23.1. The predicted octanol–water partition coefficient (Wildman–Crippen LogP) is 7.95. The van der Waals surface area contributed by atoms with E-state index in [1.54, 1.807) is 18.2 Å². The molecule has 3 N–H and O–H groups in total. The molecule has 0 bridgehead atoms. The maximum Gasteiger partial charge on any atom is 0.416 e. The smallest absolute Gasteiger partial charge is 0.405 e. The first kappa shape index (κ1) is 31.9. The van der Waals surface area contributed by atoms with Crippen LogP contribution in [0.15, 0.2) is 66.4 Å². The highest BCUT2D eigenvalue weighted by Gasteiger charge is 2.33. The summed E-state index contributed by atoms with van der Waals surface area (Å²) in [6.07, 6.45) is -2.56. The number of anilines is 2. The molecule has 1 saturated heterocycles. The van der Waals surface area contributed by atoms with Crippen molar-refractivity contribution >= 4 is 22.4 Å². The van der Waals surface area contributed by atoms with Crippen LogP contribution >= 0.6 is 0 Å². The number of rotatable bonds is 9. The molecular weight excluding hydrogens is 544 g/mol. The molecule has 1 aromatic heterocycles. The van der Waals surface area contributed by atoms with Gasteiger partial charge in [0.05, 0.1) is 11.1 Å². The number of nitrogens with zero attached hydrogens (tertiary/aromatic N) is 3. The molecule has 0 spiro atoms. The van der Waals surface area contributed by atoms with Crippen molar-refractivity contribution < 1.29 is 26.3 Å². The molecule has 1 fully saturated rings. The second kappa shape index (κ2) is 14.3. The summed E-state index contributed by atoms with van der Waals surface area (Å²) in [6, 6.07) is 9.33. The van der Waals surface area contributed by atoms with Gasteiger partial charge < -0.3 is 16.0 Å². The molecule has 0 saturated carbocycles. The van der Waals surface area contributed by atoms with Crippen LogP contribution in [0.2, 0.25) is 0 Å². The van der Waals surface area contributed by atoms with Crippen molar-refractivity contribution in [3.8, 4) is 0 Å². The summed E-state index contributed by atoms with van der Waals surface area (Å²) in [7, 11) is 0. The Labute approximate surface area is 236 Å². The zero-order valence-corrected chi connectivity index (χ0v) is 23.1. The number of hydrogen-bond acceptors (Lipinski definition) is 5. The van der Waals surface area contributed by atoms with Crippen LogP contribution in [0.25, 0.3) is 10.9 Å². The molecule has 1 aliphatic heterocycles. The van der Waals surface area contributed by atoms with E-state index >= 15 is 0 Å². The highest BCUT2D eigenvalue weighted by Crippen LogP contribution is 2.33. The van der Waals surface area contributed by atoms with Crippen molar-refractivity contribution in [2.75, 3.05) is 25.0 Å². The Morgan fingerprint density at radius 1 is 0.976 bits per heavy atom. The van der Waals surface area contributed by atoms with Crippen molar-refractivity contribution in [1.29, 1.82) is 0 Å². The summed E-state index contributed by atoms with van der Waals surface area (Å²) >= 11 is 0. The van der Waals surface area contributed by atoms with Crippen LogP contribution in [0.5, 0.6) is 0 Å². The Hall–Kier alpha value is -3.60. The SMILES string of the molecule is CC.N/C=C\C=C(/Cc1ccc2c(Nc3ccc(C(F)(F)F)cc3)nc(CCCN3CCCC3)nc2c1)C(F)(F)F. The lowest BCUT2D eigenvalue weighted by Crippen LogP contribution is -2.21. The Bertz CT molecular complexity index is 1320. The van der Waals surface area contributed by atoms with Gasteiger partial charge in [0, 0.05) is 29.5 Å². The Kier molecular flexibility index (Phi) is 11.2. The number of benzene rings is 2. The van der Waals surface area contributed by atoms with Crippen molar-refractivity contribution in [2.45, 2.75) is 58.3 Å². The third-order valence-corrected chi connectivity index (χ3v) is 6.52. The highest BCUT2D eigenvalue weighted by molar-refractivity contribution is 5.91. The molecule has 0 atom stereocenters. The minimum absolute atomic E-state index is 0.375. The molecule has 1 aliphatic rings. The molecule has 41 heavy (non-hydrogen) atoms. The monoisotopic (exact) mass is 579 g/mol. The Morgan fingerprint density at radius 3 is 2.27 bits per heavy atom. The third-order valence-electron chi connectivity index (χ3n) is 6.52. The second-order valence-electron chi connectivity index (χ2n) is 9.44. The molecule has 4 rings (SSSR count). The molecule has 0 aliphatic carbocycles. The summed E-state index contributed by atoms with van der Waals surface area (Å²) < 4.78 is 79.5. The fourth-order valence-corrected chi connectivity index (χ4v) is 4.53. The van der Waals surface area contributed by atoms with Gasteiger partial charge in [-0.15, -0.1) is 0 Å². The number of aryl methyl sites for hydroxylation is 1. The van der Waals surface area contributed by atoms with Gasteiger partial charge in [-0.2, -0.15) is 26.3 Å². The van der Waals surface area contributed by atoms with Gasteiger partial charge in [-0.1, -0.05) is 26.0 Å². The minimum Gasteiger partial charge on any atom is -0.405 e. The summed E-state index contributed by atoms with van der Waals surface area (Å²) in [5.74, 6) is 0.881. The largest absolute Gasteiger partial charge is 0.416 e. The average Bonchev–Trinajstić information content (AvgIpc) is 3.45. The Morgan fingerprint density at radius 2 is 1.66 bits per heavy atom. The number of hydrogen-bond donors (Lipinski definition) is 2. The van der Waals surface area contributed by atoms with Gasteiger partial charge >= 0.3 is 12.4 Å². The number of nitrogens with two attached hydrogens (primary N) is 1. The first-order valence-corrected chi connectivity index (χ1v) is 13.6. The van der Waals surface area contributed by atoms with Crippen LogP contribution in [0.4, 0.5) is 37.8 Å². The summed E-state index contributed by atoms with van der Waals surface area (Å²) in [4.78, 5) is 11.6. The quantitative estimate of drug-likeness (QED) is 0.199. The molecule has 5 nitrogen and oxygen atoms in total. The molecule has 2 heterocycles. The van der Waals surface area contributed by atoms with Gasteiger partial charge in [0.2, 0.25) is 0 Å². The van der Waals surface area contributed by atoms with E-state index in [4.69, 9.17) is 5.73 Å². The maximum absolute atomic E-state index is 13.5. The number of nitrogens with one attached hydrogen (secondary N) is 1. The van der Waals surface area contributed by atoms with E-state index in [0.717, 1.165) is 56.5 Å². The molecule has 2 aromatic carbocycles. The lowest BCUT2D eigenvalue weighted by molar-refractivity contribution is -0.137. The third kappa shape index (κ3) is 9.21. The number of alkyl halides is 6. The van der Waals surface area contributed by atoms with Crippen LogP contribution in [-0.4, -0.2) is 40.7 Å². The van der Waals surface area contributed by atoms with Gasteiger partial charge in [-0.25, -0.2) is 9.97 Å². The molecule has 0 unspecified atom stereocenters. The fraction of sp³-hybridized carbons (Fsp3) is 0.400. The first-order chi connectivity index (χ1) is 19.5. The molecule has 3 aromatic rings. The lowest BCUT2D eigenvalue weighted by atomic mass is 10.0. The topological polar surface area (TPSA) is 67.1 Å². The molecule has 222 valence electrons. The summed E-state index contributed by atoms with van der Waals surface area (Å²) in [5.41, 5.74) is 4.93. The zero-order chi connectivity index (χ0) is 30.0. The number of aromatic nitrogens is 2. The predicted molar refractivity (Wildman–Crippen MR) is 151 cm³/mol. The number of fused-ring (bicyclic) bond motifs is 1. The van der Waals surface area contributed by atoms with E-state index in [2.05, 4.69) is 20.2 Å². The normalized spacial score (nSPS) is 14.9. The van der Waals surface area contributed by atoms with Crippen LogP contribution < -0.4 is 11.1 Å². The average molecular weight is 580 g/mol. The van der Waals surface area contributed by atoms with E-state index < -0.39 is 23.5 Å². The van der Waals surface area contributed by atoms with Crippen LogP contribution in [0.3, 0.4) is 0 Å². The van der Waals surface area contributed by atoms with E-state index in [-0.39, 0.29) is 6.42 Å². The van der Waals surface area contributed by atoms with E-state index in [0.29, 0.717) is 40.2 Å². The van der Waals surface area contributed by atoms with Gasteiger partial charge in [-0.05, 0) is 93.1 Å². The number of halogens is 6.